The number of rotatable bonds is 8. The molecule has 0 saturated carbocycles. The van der Waals surface area contributed by atoms with Crippen LogP contribution in [0.3, 0.4) is 0 Å². The first-order chi connectivity index (χ1) is 15.0. The Morgan fingerprint density at radius 1 is 1.09 bits per heavy atom. The van der Waals surface area contributed by atoms with Gasteiger partial charge in [0.1, 0.15) is 10.9 Å². The van der Waals surface area contributed by atoms with E-state index in [-0.39, 0.29) is 12.2 Å². The van der Waals surface area contributed by atoms with Gasteiger partial charge < -0.3 is 14.8 Å². The number of hydrogen-bond donors (Lipinski definition) is 3. The van der Waals surface area contributed by atoms with E-state index in [0.717, 1.165) is 5.56 Å². The van der Waals surface area contributed by atoms with E-state index in [0.29, 0.717) is 28.1 Å². The molecule has 3 rings (SSSR count). The number of nitrogens with two attached hydrogens (primary N) is 1. The molecule has 8 heteroatoms. The van der Waals surface area contributed by atoms with Gasteiger partial charge in [-0.15, -0.1) is 0 Å². The van der Waals surface area contributed by atoms with Crippen LogP contribution in [-0.2, 0) is 29.1 Å². The Bertz CT molecular complexity index is 1220. The predicted octanol–water partition coefficient (Wildman–Crippen LogP) is 1.95. The first kappa shape index (κ1) is 23.9. The second-order valence-electron chi connectivity index (χ2n) is 8.15. The monoisotopic (exact) mass is 456 g/mol. The zero-order chi connectivity index (χ0) is 23.7. The first-order valence-corrected chi connectivity index (χ1v) is 11.8. The molecule has 0 bridgehead atoms. The normalized spacial score (nSPS) is 14.7. The number of aromatic nitrogens is 1. The molecule has 32 heavy (non-hydrogen) atoms. The zero-order valence-corrected chi connectivity index (χ0v) is 19.1. The van der Waals surface area contributed by atoms with Crippen LogP contribution < -0.4 is 5.14 Å². The number of carbonyl (C=O) groups is 1. The lowest BCUT2D eigenvalue weighted by Crippen LogP contribution is -2.51. The number of nitrogens with zero attached hydrogens (tertiary/aromatic N) is 1. The van der Waals surface area contributed by atoms with Gasteiger partial charge in [-0.25, -0.2) is 13.6 Å². The third-order valence-electron chi connectivity index (χ3n) is 5.87. The highest BCUT2D eigenvalue weighted by molar-refractivity contribution is 7.89. The van der Waals surface area contributed by atoms with Crippen molar-refractivity contribution in [2.75, 3.05) is 6.61 Å². The van der Waals surface area contributed by atoms with Gasteiger partial charge in [0, 0.05) is 24.7 Å². The Balaban J connectivity index is 2.09. The molecule has 1 aromatic heterocycles. The van der Waals surface area contributed by atoms with Gasteiger partial charge in [0.05, 0.1) is 12.3 Å². The summed E-state index contributed by atoms with van der Waals surface area (Å²) >= 11 is 0. The minimum absolute atomic E-state index is 0.169. The average Bonchev–Trinajstić information content (AvgIpc) is 3.00. The maximum Gasteiger partial charge on any atom is 0.217 e. The average molecular weight is 457 g/mol. The van der Waals surface area contributed by atoms with Crippen LogP contribution in [-0.4, -0.2) is 40.8 Å². The maximum atomic E-state index is 13.2. The molecule has 1 heterocycles. The van der Waals surface area contributed by atoms with Gasteiger partial charge in [-0.1, -0.05) is 60.2 Å². The predicted molar refractivity (Wildman–Crippen MR) is 123 cm³/mol. The molecule has 3 aromatic rings. The van der Waals surface area contributed by atoms with Crippen molar-refractivity contribution in [3.05, 3.63) is 94.3 Å². The number of benzene rings is 2. The lowest BCUT2D eigenvalue weighted by molar-refractivity contribution is 0.0144. The minimum atomic E-state index is -4.30. The molecule has 0 aliphatic rings. The largest absolute Gasteiger partial charge is 0.395 e. The van der Waals surface area contributed by atoms with Gasteiger partial charge in [0.25, 0.3) is 0 Å². The molecule has 170 valence electrons. The number of aryl methyl sites for hydroxylation is 2. The van der Waals surface area contributed by atoms with E-state index >= 15 is 0 Å². The fourth-order valence-electron chi connectivity index (χ4n) is 4.10. The number of primary sulfonamides is 1. The quantitative estimate of drug-likeness (QED) is 0.447. The van der Waals surface area contributed by atoms with Gasteiger partial charge in [0.15, 0.2) is 0 Å². The van der Waals surface area contributed by atoms with E-state index in [1.807, 2.05) is 19.1 Å². The van der Waals surface area contributed by atoms with Crippen LogP contribution in [0.2, 0.25) is 0 Å². The molecule has 0 amide bonds. The summed E-state index contributed by atoms with van der Waals surface area (Å²) in [5, 5.41) is 25.2. The molecule has 2 aromatic carbocycles. The topological polar surface area (TPSA) is 123 Å². The van der Waals surface area contributed by atoms with Crippen molar-refractivity contribution < 1.29 is 23.4 Å². The van der Waals surface area contributed by atoms with Crippen molar-refractivity contribution in [3.63, 3.8) is 0 Å². The highest BCUT2D eigenvalue weighted by Crippen LogP contribution is 2.34. The smallest absolute Gasteiger partial charge is 0.217 e. The van der Waals surface area contributed by atoms with Crippen molar-refractivity contribution in [2.24, 2.45) is 12.2 Å². The van der Waals surface area contributed by atoms with Gasteiger partial charge >= 0.3 is 0 Å². The Hall–Kier alpha value is -2.78. The van der Waals surface area contributed by atoms with Crippen molar-refractivity contribution in [3.8, 4) is 0 Å². The number of aliphatic hydroxyl groups excluding tert-OH is 1. The Kier molecular flexibility index (Phi) is 6.71. The zero-order valence-electron chi connectivity index (χ0n) is 18.3. The molecule has 0 spiro atoms. The fourth-order valence-corrected chi connectivity index (χ4v) is 5.07. The van der Waals surface area contributed by atoms with Crippen LogP contribution in [0.4, 0.5) is 0 Å². The van der Waals surface area contributed by atoms with Crippen molar-refractivity contribution in [1.82, 2.24) is 4.57 Å². The third kappa shape index (κ3) is 4.54. The van der Waals surface area contributed by atoms with Gasteiger partial charge in [-0.05, 0) is 31.0 Å². The van der Waals surface area contributed by atoms with Crippen LogP contribution in [0.25, 0.3) is 0 Å². The first-order valence-electron chi connectivity index (χ1n) is 10.2. The van der Waals surface area contributed by atoms with E-state index in [1.54, 1.807) is 67.1 Å². The molecule has 2 unspecified atom stereocenters. The van der Waals surface area contributed by atoms with Crippen LogP contribution in [0.15, 0.2) is 60.7 Å². The molecule has 0 radical (unpaired) electrons. The molecule has 7 nitrogen and oxygen atoms in total. The summed E-state index contributed by atoms with van der Waals surface area (Å²) in [6, 6.07) is 17.2. The summed E-state index contributed by atoms with van der Waals surface area (Å²) in [6.45, 7) is 2.87. The summed E-state index contributed by atoms with van der Waals surface area (Å²) in [5.41, 5.74) is 1.53. The van der Waals surface area contributed by atoms with Crippen LogP contribution >= 0.6 is 0 Å². The minimum Gasteiger partial charge on any atom is -0.395 e. The second kappa shape index (κ2) is 8.99. The highest BCUT2D eigenvalue weighted by Gasteiger charge is 2.45. The number of ketones is 1. The number of sulfonamides is 1. The molecule has 0 aliphatic carbocycles. The van der Waals surface area contributed by atoms with Crippen LogP contribution in [0.5, 0.6) is 0 Å². The highest BCUT2D eigenvalue weighted by atomic mass is 32.2. The van der Waals surface area contributed by atoms with E-state index in [9.17, 15) is 23.4 Å². The molecule has 0 fully saturated rings. The summed E-state index contributed by atoms with van der Waals surface area (Å²) in [6.07, 6.45) is -0.169. The van der Waals surface area contributed by atoms with Crippen LogP contribution in [0, 0.1) is 13.8 Å². The lowest BCUT2D eigenvalue weighted by atomic mass is 9.85. The molecule has 4 N–H and O–H groups in total. The molecular weight excluding hydrogens is 428 g/mol. The molecule has 0 aliphatic heterocycles. The number of aliphatic hydroxyl groups is 2. The standard InChI is InChI=1S/C24H28N2O5S/c1-16-9-11-18(12-10-16)23(28)22-17(2)13-20(26(22)3)14-24(29,19-7-5-4-6-8-19)21(15-27)32(25,30)31/h4-13,21,27,29H,14-15H2,1-3H3,(H2,25,30,31). The maximum absolute atomic E-state index is 13.2. The summed E-state index contributed by atoms with van der Waals surface area (Å²) in [7, 11) is -2.60. The SMILES string of the molecule is Cc1ccc(C(=O)c2c(C)cc(CC(O)(c3ccccc3)C(CO)S(N)(=O)=O)n2C)cc1. The lowest BCUT2D eigenvalue weighted by Gasteiger charge is -2.34. The van der Waals surface area contributed by atoms with Gasteiger partial charge in [-0.3, -0.25) is 4.79 Å². The van der Waals surface area contributed by atoms with E-state index in [2.05, 4.69) is 0 Å². The summed E-state index contributed by atoms with van der Waals surface area (Å²) in [4.78, 5) is 13.2. The number of carbonyl (C=O) groups excluding carboxylic acids is 1. The van der Waals surface area contributed by atoms with Crippen molar-refractivity contribution in [1.29, 1.82) is 0 Å². The van der Waals surface area contributed by atoms with Gasteiger partial charge in [-0.2, -0.15) is 0 Å². The second-order valence-corrected chi connectivity index (χ2v) is 9.90. The van der Waals surface area contributed by atoms with Crippen LogP contribution in [0.1, 0.15) is 38.4 Å². The van der Waals surface area contributed by atoms with E-state index < -0.39 is 27.5 Å². The van der Waals surface area contributed by atoms with Crippen molar-refractivity contribution in [2.45, 2.75) is 31.1 Å². The number of hydrogen-bond acceptors (Lipinski definition) is 5. The van der Waals surface area contributed by atoms with Gasteiger partial charge in [0.2, 0.25) is 15.8 Å². The molecular formula is C24H28N2O5S. The Morgan fingerprint density at radius 2 is 1.69 bits per heavy atom. The molecule has 2 atom stereocenters. The Morgan fingerprint density at radius 3 is 2.22 bits per heavy atom. The third-order valence-corrected chi connectivity index (χ3v) is 7.20. The van der Waals surface area contributed by atoms with Crippen molar-refractivity contribution >= 4 is 15.8 Å². The summed E-state index contributed by atoms with van der Waals surface area (Å²) in [5.74, 6) is -0.176. The van der Waals surface area contributed by atoms with E-state index in [4.69, 9.17) is 5.14 Å². The molecule has 0 saturated heterocycles. The fraction of sp³-hybridized carbons (Fsp3) is 0.292. The summed E-state index contributed by atoms with van der Waals surface area (Å²) < 4.78 is 26.2. The van der Waals surface area contributed by atoms with E-state index in [1.165, 1.54) is 0 Å². The Labute approximate surface area is 188 Å².